The van der Waals surface area contributed by atoms with Crippen molar-refractivity contribution in [1.82, 2.24) is 4.98 Å². The molecule has 1 nitrogen and oxygen atoms in total. The zero-order valence-corrected chi connectivity index (χ0v) is 8.34. The summed E-state index contributed by atoms with van der Waals surface area (Å²) in [5.41, 5.74) is 2.31. The second-order valence-corrected chi connectivity index (χ2v) is 3.79. The molecule has 0 spiro atoms. The summed E-state index contributed by atoms with van der Waals surface area (Å²) < 4.78 is 0. The zero-order chi connectivity index (χ0) is 9.10. The number of rotatable bonds is 2. The number of hydrogen-bond acceptors (Lipinski definition) is 2. The van der Waals surface area contributed by atoms with Gasteiger partial charge in [-0.2, -0.15) is 0 Å². The Morgan fingerprint density at radius 1 is 1.23 bits per heavy atom. The molecule has 0 amide bonds. The van der Waals surface area contributed by atoms with Crippen molar-refractivity contribution in [1.29, 1.82) is 0 Å². The minimum absolute atomic E-state index is 1.03. The molecule has 66 valence electrons. The molecule has 0 bridgehead atoms. The molecule has 0 saturated carbocycles. The van der Waals surface area contributed by atoms with Gasteiger partial charge in [-0.25, -0.2) is 4.98 Å². The molecule has 1 aromatic heterocycles. The highest BCUT2D eigenvalue weighted by molar-refractivity contribution is 7.09. The van der Waals surface area contributed by atoms with E-state index in [0.717, 1.165) is 12.1 Å². The third-order valence-corrected chi connectivity index (χ3v) is 2.92. The fourth-order valence-electron chi connectivity index (χ4n) is 1.21. The average Bonchev–Trinajstić information content (AvgIpc) is 2.67. The van der Waals surface area contributed by atoms with Crippen LogP contribution in [0.3, 0.4) is 0 Å². The van der Waals surface area contributed by atoms with E-state index in [1.807, 2.05) is 18.2 Å². The van der Waals surface area contributed by atoms with E-state index in [-0.39, 0.29) is 0 Å². The molecule has 2 aromatic rings. The first-order chi connectivity index (χ1) is 6.40. The van der Waals surface area contributed by atoms with E-state index >= 15 is 0 Å². The highest BCUT2D eigenvalue weighted by Crippen LogP contribution is 2.21. The molecule has 0 N–H and O–H groups in total. The van der Waals surface area contributed by atoms with Crippen LogP contribution >= 0.6 is 11.3 Å². The molecule has 2 rings (SSSR count). The summed E-state index contributed by atoms with van der Waals surface area (Å²) in [4.78, 5) is 4.52. The molecule has 0 unspecified atom stereocenters. The van der Waals surface area contributed by atoms with Crippen LogP contribution < -0.4 is 0 Å². The largest absolute Gasteiger partial charge is 0.241 e. The Labute approximate surface area is 82.1 Å². The first-order valence-corrected chi connectivity index (χ1v) is 5.28. The van der Waals surface area contributed by atoms with Crippen molar-refractivity contribution in [2.75, 3.05) is 0 Å². The molecule has 2 heteroatoms. The van der Waals surface area contributed by atoms with Gasteiger partial charge in [-0.15, -0.1) is 11.3 Å². The summed E-state index contributed by atoms with van der Waals surface area (Å²) in [6.07, 6.45) is 1.03. The summed E-state index contributed by atoms with van der Waals surface area (Å²) in [7, 11) is 0. The number of aromatic nitrogens is 1. The molecule has 0 aliphatic heterocycles. The summed E-state index contributed by atoms with van der Waals surface area (Å²) in [6, 6.07) is 10.3. The van der Waals surface area contributed by atoms with Crippen molar-refractivity contribution in [2.24, 2.45) is 0 Å². The van der Waals surface area contributed by atoms with Crippen LogP contribution in [0.15, 0.2) is 35.7 Å². The van der Waals surface area contributed by atoms with Gasteiger partial charge in [0.1, 0.15) is 0 Å². The van der Waals surface area contributed by atoms with Gasteiger partial charge in [-0.1, -0.05) is 37.3 Å². The van der Waals surface area contributed by atoms with Gasteiger partial charge in [0, 0.05) is 10.9 Å². The van der Waals surface area contributed by atoms with Crippen molar-refractivity contribution in [3.05, 3.63) is 40.7 Å². The van der Waals surface area contributed by atoms with Crippen molar-refractivity contribution in [3.8, 4) is 11.3 Å². The minimum Gasteiger partial charge on any atom is -0.241 e. The third kappa shape index (κ3) is 1.78. The number of hydrogen-bond donors (Lipinski definition) is 0. The maximum atomic E-state index is 4.52. The number of aryl methyl sites for hydroxylation is 1. The predicted octanol–water partition coefficient (Wildman–Crippen LogP) is 3.37. The summed E-state index contributed by atoms with van der Waals surface area (Å²) >= 11 is 1.73. The normalized spacial score (nSPS) is 10.2. The Morgan fingerprint density at radius 3 is 2.62 bits per heavy atom. The highest BCUT2D eigenvalue weighted by Gasteiger charge is 2.01. The smallest absolute Gasteiger partial charge is 0.0929 e. The van der Waals surface area contributed by atoms with Crippen LogP contribution in [0.5, 0.6) is 0 Å². The lowest BCUT2D eigenvalue weighted by Crippen LogP contribution is -1.79. The van der Waals surface area contributed by atoms with Crippen LogP contribution in [0, 0.1) is 0 Å². The molecule has 0 saturated heterocycles. The van der Waals surface area contributed by atoms with Crippen molar-refractivity contribution < 1.29 is 0 Å². The second kappa shape index (κ2) is 3.71. The van der Waals surface area contributed by atoms with Crippen molar-refractivity contribution in [2.45, 2.75) is 13.3 Å². The minimum atomic E-state index is 1.03. The fourth-order valence-corrected chi connectivity index (χ4v) is 1.97. The number of nitrogens with zero attached hydrogens (tertiary/aromatic N) is 1. The van der Waals surface area contributed by atoms with Gasteiger partial charge < -0.3 is 0 Å². The molecular formula is C11H11NS. The summed E-state index contributed by atoms with van der Waals surface area (Å²) in [6.45, 7) is 2.13. The maximum Gasteiger partial charge on any atom is 0.0929 e. The Bertz CT molecular complexity index is 378. The van der Waals surface area contributed by atoms with Gasteiger partial charge in [0.15, 0.2) is 0 Å². The molecule has 0 aliphatic rings. The molecule has 0 aliphatic carbocycles. The van der Waals surface area contributed by atoms with Crippen LogP contribution in [-0.2, 0) is 6.42 Å². The Balaban J connectivity index is 2.36. The van der Waals surface area contributed by atoms with Crippen LogP contribution in [0.4, 0.5) is 0 Å². The van der Waals surface area contributed by atoms with E-state index in [2.05, 4.69) is 29.4 Å². The molecule has 1 heterocycles. The third-order valence-electron chi connectivity index (χ3n) is 1.92. The van der Waals surface area contributed by atoms with Crippen LogP contribution in [0.25, 0.3) is 11.3 Å². The lowest BCUT2D eigenvalue weighted by molar-refractivity contribution is 1.10. The second-order valence-electron chi connectivity index (χ2n) is 2.85. The van der Waals surface area contributed by atoms with Gasteiger partial charge in [-0.3, -0.25) is 0 Å². The number of thiazole rings is 1. The van der Waals surface area contributed by atoms with E-state index in [0.29, 0.717) is 0 Å². The highest BCUT2D eigenvalue weighted by atomic mass is 32.1. The Hall–Kier alpha value is -1.15. The lowest BCUT2D eigenvalue weighted by atomic mass is 10.2. The predicted molar refractivity (Wildman–Crippen MR) is 56.9 cm³/mol. The first kappa shape index (κ1) is 8.45. The van der Waals surface area contributed by atoms with E-state index in [1.165, 1.54) is 10.6 Å². The topological polar surface area (TPSA) is 12.9 Å². The monoisotopic (exact) mass is 189 g/mol. The molecule has 0 radical (unpaired) electrons. The lowest BCUT2D eigenvalue weighted by Gasteiger charge is -1.93. The van der Waals surface area contributed by atoms with Crippen molar-refractivity contribution >= 4 is 11.3 Å². The van der Waals surface area contributed by atoms with Gasteiger partial charge in [-0.05, 0) is 6.42 Å². The van der Waals surface area contributed by atoms with Gasteiger partial charge in [0.25, 0.3) is 0 Å². The summed E-state index contributed by atoms with van der Waals surface area (Å²) in [5, 5.41) is 3.33. The first-order valence-electron chi connectivity index (χ1n) is 4.40. The standard InChI is InChI=1S/C11H11NS/c1-2-11-12-10(8-13-11)9-6-4-3-5-7-9/h3-8H,2H2,1H3. The van der Waals surface area contributed by atoms with E-state index in [9.17, 15) is 0 Å². The van der Waals surface area contributed by atoms with Gasteiger partial charge in [0.05, 0.1) is 10.7 Å². The zero-order valence-electron chi connectivity index (χ0n) is 7.53. The fraction of sp³-hybridized carbons (Fsp3) is 0.182. The molecule has 1 aromatic carbocycles. The van der Waals surface area contributed by atoms with Gasteiger partial charge in [0.2, 0.25) is 0 Å². The molecular weight excluding hydrogens is 178 g/mol. The Morgan fingerprint density at radius 2 is 2.00 bits per heavy atom. The molecule has 0 fully saturated rings. The SMILES string of the molecule is CCc1nc(-c2ccccc2)cs1. The molecule has 13 heavy (non-hydrogen) atoms. The average molecular weight is 189 g/mol. The van der Waals surface area contributed by atoms with Gasteiger partial charge >= 0.3 is 0 Å². The van der Waals surface area contributed by atoms with E-state index < -0.39 is 0 Å². The number of benzene rings is 1. The maximum absolute atomic E-state index is 4.52. The van der Waals surface area contributed by atoms with Crippen LogP contribution in [0.2, 0.25) is 0 Å². The quantitative estimate of drug-likeness (QED) is 0.705. The van der Waals surface area contributed by atoms with Crippen molar-refractivity contribution in [3.63, 3.8) is 0 Å². The van der Waals surface area contributed by atoms with Crippen LogP contribution in [-0.4, -0.2) is 4.98 Å². The summed E-state index contributed by atoms with van der Waals surface area (Å²) in [5.74, 6) is 0. The Kier molecular flexibility index (Phi) is 2.41. The van der Waals surface area contributed by atoms with Crippen LogP contribution in [0.1, 0.15) is 11.9 Å². The van der Waals surface area contributed by atoms with E-state index in [1.54, 1.807) is 11.3 Å². The molecule has 0 atom stereocenters. The van der Waals surface area contributed by atoms with E-state index in [4.69, 9.17) is 0 Å².